The van der Waals surface area contributed by atoms with E-state index in [0.717, 1.165) is 11.1 Å². The maximum atomic E-state index is 12.4. The molecule has 9 heteroatoms. The lowest BCUT2D eigenvalue weighted by Gasteiger charge is -2.21. The third kappa shape index (κ3) is 4.25. The minimum Gasteiger partial charge on any atom is -0.334 e. The molecule has 3 nitrogen and oxygen atoms in total. The summed E-state index contributed by atoms with van der Waals surface area (Å²) in [7, 11) is 0. The Bertz CT molecular complexity index is 385. The summed E-state index contributed by atoms with van der Waals surface area (Å²) in [5.41, 5.74) is -1.18. The number of hydrogen-bond acceptors (Lipinski definition) is 3. The van der Waals surface area contributed by atoms with Crippen LogP contribution in [-0.4, -0.2) is 35.4 Å². The molecule has 0 aliphatic rings. The van der Waals surface area contributed by atoms with Crippen LogP contribution >= 0.6 is 11.6 Å². The van der Waals surface area contributed by atoms with Gasteiger partial charge in [-0.25, -0.2) is 18.7 Å². The van der Waals surface area contributed by atoms with Gasteiger partial charge >= 0.3 is 6.18 Å². The van der Waals surface area contributed by atoms with Gasteiger partial charge in [0.1, 0.15) is 5.69 Å². The normalized spacial score (nSPS) is 11.9. The summed E-state index contributed by atoms with van der Waals surface area (Å²) in [5, 5.41) is 0. The zero-order valence-corrected chi connectivity index (χ0v) is 9.72. The van der Waals surface area contributed by atoms with Crippen LogP contribution in [0.3, 0.4) is 0 Å². The molecule has 0 saturated heterocycles. The fraction of sp³-hybridized carbons (Fsp3) is 0.556. The second-order valence-corrected chi connectivity index (χ2v) is 3.64. The van der Waals surface area contributed by atoms with E-state index < -0.39 is 30.8 Å². The van der Waals surface area contributed by atoms with E-state index in [2.05, 4.69) is 9.97 Å². The molecule has 0 unspecified atom stereocenters. The third-order valence-electron chi connectivity index (χ3n) is 1.93. The maximum Gasteiger partial charge on any atom is 0.433 e. The molecule has 18 heavy (non-hydrogen) atoms. The van der Waals surface area contributed by atoms with Gasteiger partial charge in [0, 0.05) is 18.6 Å². The van der Waals surface area contributed by atoms with Crippen molar-refractivity contribution in [2.24, 2.45) is 0 Å². The fourth-order valence-corrected chi connectivity index (χ4v) is 1.40. The van der Waals surface area contributed by atoms with E-state index >= 15 is 0 Å². The first-order valence-electron chi connectivity index (χ1n) is 4.84. The SMILES string of the molecule is FC(F)CN(CCCl)c1nccc(C(F)(F)F)n1. The van der Waals surface area contributed by atoms with Crippen molar-refractivity contribution in [3.8, 4) is 0 Å². The van der Waals surface area contributed by atoms with Crippen LogP contribution in [-0.2, 0) is 6.18 Å². The summed E-state index contributed by atoms with van der Waals surface area (Å²) < 4.78 is 61.7. The Hall–Kier alpha value is -1.18. The zero-order chi connectivity index (χ0) is 13.8. The molecular weight excluding hydrogens is 281 g/mol. The summed E-state index contributed by atoms with van der Waals surface area (Å²) in [4.78, 5) is 7.67. The van der Waals surface area contributed by atoms with Crippen molar-refractivity contribution in [2.75, 3.05) is 23.9 Å². The number of rotatable bonds is 5. The van der Waals surface area contributed by atoms with Gasteiger partial charge in [-0.3, -0.25) is 0 Å². The lowest BCUT2D eigenvalue weighted by atomic mass is 10.4. The second kappa shape index (κ2) is 6.12. The van der Waals surface area contributed by atoms with Crippen molar-refractivity contribution < 1.29 is 22.0 Å². The summed E-state index contributed by atoms with van der Waals surface area (Å²) in [5.74, 6) is -0.433. The fourth-order valence-electron chi connectivity index (χ4n) is 1.20. The molecule has 0 atom stereocenters. The smallest absolute Gasteiger partial charge is 0.334 e. The van der Waals surface area contributed by atoms with Crippen molar-refractivity contribution >= 4 is 17.5 Å². The van der Waals surface area contributed by atoms with E-state index in [1.807, 2.05) is 0 Å². The monoisotopic (exact) mass is 289 g/mol. The van der Waals surface area contributed by atoms with Crippen LogP contribution in [0.5, 0.6) is 0 Å². The number of halogens is 6. The quantitative estimate of drug-likeness (QED) is 0.616. The molecule has 0 amide bonds. The molecule has 0 aliphatic carbocycles. The van der Waals surface area contributed by atoms with Crippen LogP contribution in [0, 0.1) is 0 Å². The Morgan fingerprint density at radius 1 is 1.33 bits per heavy atom. The topological polar surface area (TPSA) is 29.0 Å². The highest BCUT2D eigenvalue weighted by molar-refractivity contribution is 6.18. The van der Waals surface area contributed by atoms with Gasteiger partial charge < -0.3 is 4.90 Å². The second-order valence-electron chi connectivity index (χ2n) is 3.27. The molecule has 0 radical (unpaired) electrons. The highest BCUT2D eigenvalue weighted by Crippen LogP contribution is 2.28. The first-order valence-corrected chi connectivity index (χ1v) is 5.37. The summed E-state index contributed by atoms with van der Waals surface area (Å²) >= 11 is 5.39. The van der Waals surface area contributed by atoms with Crippen LogP contribution in [0.4, 0.5) is 27.9 Å². The Morgan fingerprint density at radius 3 is 2.50 bits per heavy atom. The largest absolute Gasteiger partial charge is 0.433 e. The molecule has 0 N–H and O–H groups in total. The van der Waals surface area contributed by atoms with Crippen molar-refractivity contribution in [3.05, 3.63) is 18.0 Å². The van der Waals surface area contributed by atoms with Gasteiger partial charge in [-0.05, 0) is 6.07 Å². The van der Waals surface area contributed by atoms with Crippen LogP contribution in [0.2, 0.25) is 0 Å². The minimum absolute atomic E-state index is 0.0215. The predicted molar refractivity (Wildman–Crippen MR) is 56.0 cm³/mol. The molecule has 1 aromatic heterocycles. The van der Waals surface area contributed by atoms with Gasteiger partial charge in [-0.15, -0.1) is 11.6 Å². The molecule has 0 bridgehead atoms. The lowest BCUT2D eigenvalue weighted by molar-refractivity contribution is -0.141. The zero-order valence-electron chi connectivity index (χ0n) is 8.96. The molecular formula is C9H9ClF5N3. The van der Waals surface area contributed by atoms with Gasteiger partial charge in [0.15, 0.2) is 0 Å². The number of anilines is 1. The number of nitrogens with zero attached hydrogens (tertiary/aromatic N) is 3. The average molecular weight is 290 g/mol. The van der Waals surface area contributed by atoms with Crippen molar-refractivity contribution in [3.63, 3.8) is 0 Å². The van der Waals surface area contributed by atoms with E-state index in [4.69, 9.17) is 11.6 Å². The molecule has 0 aromatic carbocycles. The van der Waals surface area contributed by atoms with Gasteiger partial charge in [0.2, 0.25) is 5.95 Å². The Balaban J connectivity index is 2.97. The Morgan fingerprint density at radius 2 is 2.00 bits per heavy atom. The van der Waals surface area contributed by atoms with Crippen LogP contribution in [0.15, 0.2) is 12.3 Å². The maximum absolute atomic E-state index is 12.4. The molecule has 0 saturated carbocycles. The molecule has 1 heterocycles. The Labute approximate surface area is 105 Å². The van der Waals surface area contributed by atoms with Crippen LogP contribution in [0.25, 0.3) is 0 Å². The van der Waals surface area contributed by atoms with Gasteiger partial charge in [-0.2, -0.15) is 13.2 Å². The van der Waals surface area contributed by atoms with Gasteiger partial charge in [0.05, 0.1) is 6.54 Å². The average Bonchev–Trinajstić information content (AvgIpc) is 2.27. The van der Waals surface area contributed by atoms with E-state index in [0.29, 0.717) is 6.07 Å². The van der Waals surface area contributed by atoms with Gasteiger partial charge in [-0.1, -0.05) is 0 Å². The van der Waals surface area contributed by atoms with Crippen LogP contribution in [0.1, 0.15) is 5.69 Å². The first kappa shape index (κ1) is 14.9. The summed E-state index contributed by atoms with van der Waals surface area (Å²) in [6.07, 6.45) is -6.49. The molecule has 102 valence electrons. The van der Waals surface area contributed by atoms with E-state index in [9.17, 15) is 22.0 Å². The minimum atomic E-state index is -4.64. The third-order valence-corrected chi connectivity index (χ3v) is 2.10. The number of alkyl halides is 6. The van der Waals surface area contributed by atoms with Crippen molar-refractivity contribution in [2.45, 2.75) is 12.6 Å². The van der Waals surface area contributed by atoms with Crippen LogP contribution < -0.4 is 4.90 Å². The molecule has 1 rings (SSSR count). The lowest BCUT2D eigenvalue weighted by Crippen LogP contribution is -2.32. The molecule has 1 aromatic rings. The standard InChI is InChI=1S/C9H9ClF5N3/c10-2-4-18(5-7(11)12)8-16-3-1-6(17-8)9(13,14)15/h1,3,7H,2,4-5H2. The van der Waals surface area contributed by atoms with E-state index in [1.165, 1.54) is 0 Å². The van der Waals surface area contributed by atoms with Gasteiger partial charge in [0.25, 0.3) is 6.43 Å². The number of aromatic nitrogens is 2. The highest BCUT2D eigenvalue weighted by Gasteiger charge is 2.33. The Kier molecular flexibility index (Phi) is 5.06. The summed E-state index contributed by atoms with van der Waals surface area (Å²) in [6, 6.07) is 0.671. The molecule has 0 spiro atoms. The first-order chi connectivity index (χ1) is 8.34. The van der Waals surface area contributed by atoms with Crippen molar-refractivity contribution in [1.29, 1.82) is 0 Å². The van der Waals surface area contributed by atoms with E-state index in [1.54, 1.807) is 0 Å². The molecule has 0 fully saturated rings. The van der Waals surface area contributed by atoms with Crippen molar-refractivity contribution in [1.82, 2.24) is 9.97 Å². The number of hydrogen-bond donors (Lipinski definition) is 0. The highest BCUT2D eigenvalue weighted by atomic mass is 35.5. The molecule has 0 aliphatic heterocycles. The predicted octanol–water partition coefficient (Wildman–Crippen LogP) is 2.81. The van der Waals surface area contributed by atoms with E-state index in [-0.39, 0.29) is 12.4 Å². The summed E-state index contributed by atoms with van der Waals surface area (Å²) in [6.45, 7) is -0.832.